The Hall–Kier alpha value is -1.60. The van der Waals surface area contributed by atoms with Crippen LogP contribution in [0.1, 0.15) is 10.4 Å². The molecule has 0 atom stereocenters. The number of rotatable bonds is 5. The maximum atomic E-state index is 13.0. The summed E-state index contributed by atoms with van der Waals surface area (Å²) < 4.78 is 39.7. The minimum Gasteiger partial charge on any atom is -0.493 e. The molecule has 0 radical (unpaired) electrons. The Bertz CT molecular complexity index is 443. The van der Waals surface area contributed by atoms with Crippen molar-refractivity contribution in [2.75, 3.05) is 20.8 Å². The quantitative estimate of drug-likeness (QED) is 0.840. The molecule has 0 fully saturated rings. The summed E-state index contributed by atoms with van der Waals surface area (Å²) in [6.45, 7) is -0.963. The second kappa shape index (κ2) is 7.10. The number of benzene rings is 1. The van der Waals surface area contributed by atoms with Crippen LogP contribution in [-0.2, 0) is 4.74 Å². The third-order valence-corrected chi connectivity index (χ3v) is 2.08. The minimum absolute atomic E-state index is 0. The number of nitrogens with two attached hydrogens (primary N) is 1. The SMILES string of the molecule is COC(=O)c1ccc(OC(F)(F)CN)c(OC)c1.Cl. The Labute approximate surface area is 115 Å². The van der Waals surface area contributed by atoms with Crippen LogP contribution in [-0.4, -0.2) is 32.8 Å². The number of hydrogen-bond acceptors (Lipinski definition) is 5. The molecule has 19 heavy (non-hydrogen) atoms. The van der Waals surface area contributed by atoms with Gasteiger partial charge in [-0.15, -0.1) is 12.4 Å². The summed E-state index contributed by atoms with van der Waals surface area (Å²) in [6, 6.07) is 3.72. The van der Waals surface area contributed by atoms with Crippen LogP contribution < -0.4 is 15.2 Å². The van der Waals surface area contributed by atoms with E-state index in [4.69, 9.17) is 10.5 Å². The van der Waals surface area contributed by atoms with Gasteiger partial charge in [-0.3, -0.25) is 0 Å². The van der Waals surface area contributed by atoms with Crippen molar-refractivity contribution in [1.29, 1.82) is 0 Å². The van der Waals surface area contributed by atoms with Gasteiger partial charge in [0.2, 0.25) is 0 Å². The van der Waals surface area contributed by atoms with Gasteiger partial charge in [0.25, 0.3) is 0 Å². The summed E-state index contributed by atoms with van der Waals surface area (Å²) in [4.78, 5) is 11.2. The zero-order chi connectivity index (χ0) is 13.8. The molecule has 1 aromatic carbocycles. The van der Waals surface area contributed by atoms with Crippen molar-refractivity contribution in [3.8, 4) is 11.5 Å². The highest BCUT2D eigenvalue weighted by Gasteiger charge is 2.30. The number of carbonyl (C=O) groups excluding carboxylic acids is 1. The predicted octanol–water partition coefficient (Wildman–Crippen LogP) is 1.83. The molecule has 0 saturated carbocycles. The lowest BCUT2D eigenvalue weighted by Crippen LogP contribution is -2.34. The van der Waals surface area contributed by atoms with Crippen LogP contribution in [0, 0.1) is 0 Å². The van der Waals surface area contributed by atoms with E-state index in [1.807, 2.05) is 0 Å². The Kier molecular flexibility index (Phi) is 6.51. The molecule has 0 saturated heterocycles. The molecule has 8 heteroatoms. The monoisotopic (exact) mass is 297 g/mol. The molecule has 0 bridgehead atoms. The molecule has 108 valence electrons. The lowest BCUT2D eigenvalue weighted by molar-refractivity contribution is -0.167. The first kappa shape index (κ1) is 17.4. The summed E-state index contributed by atoms with van der Waals surface area (Å²) in [7, 11) is 2.48. The molecule has 0 aliphatic heterocycles. The van der Waals surface area contributed by atoms with Crippen molar-refractivity contribution < 1.29 is 27.8 Å². The van der Waals surface area contributed by atoms with Crippen molar-refractivity contribution in [2.45, 2.75) is 6.11 Å². The Morgan fingerprint density at radius 3 is 2.42 bits per heavy atom. The number of alkyl halides is 2. The van der Waals surface area contributed by atoms with Crippen molar-refractivity contribution in [1.82, 2.24) is 0 Å². The fourth-order valence-corrected chi connectivity index (χ4v) is 1.20. The van der Waals surface area contributed by atoms with Crippen molar-refractivity contribution in [3.05, 3.63) is 23.8 Å². The van der Waals surface area contributed by atoms with Crippen LogP contribution in [0.5, 0.6) is 11.5 Å². The van der Waals surface area contributed by atoms with E-state index in [1.54, 1.807) is 0 Å². The van der Waals surface area contributed by atoms with Gasteiger partial charge in [0, 0.05) is 0 Å². The smallest absolute Gasteiger partial charge is 0.410 e. The van der Waals surface area contributed by atoms with E-state index in [9.17, 15) is 13.6 Å². The average molecular weight is 298 g/mol. The third kappa shape index (κ3) is 4.53. The normalized spacial score (nSPS) is 10.4. The number of carbonyl (C=O) groups is 1. The molecule has 0 heterocycles. The van der Waals surface area contributed by atoms with Crippen LogP contribution in [0.4, 0.5) is 8.78 Å². The largest absolute Gasteiger partial charge is 0.493 e. The summed E-state index contributed by atoms with van der Waals surface area (Å²) in [5.41, 5.74) is 5.02. The van der Waals surface area contributed by atoms with Crippen LogP contribution in [0.2, 0.25) is 0 Å². The van der Waals surface area contributed by atoms with Gasteiger partial charge >= 0.3 is 12.1 Å². The molecule has 0 spiro atoms. The van der Waals surface area contributed by atoms with E-state index in [2.05, 4.69) is 9.47 Å². The Morgan fingerprint density at radius 1 is 1.32 bits per heavy atom. The highest BCUT2D eigenvalue weighted by atomic mass is 35.5. The van der Waals surface area contributed by atoms with E-state index in [0.29, 0.717) is 0 Å². The average Bonchev–Trinajstić information content (AvgIpc) is 2.38. The zero-order valence-electron chi connectivity index (χ0n) is 10.3. The maximum Gasteiger partial charge on any atom is 0.410 e. The molecule has 0 amide bonds. The summed E-state index contributed by atoms with van der Waals surface area (Å²) >= 11 is 0. The molecule has 0 aliphatic carbocycles. The van der Waals surface area contributed by atoms with Gasteiger partial charge < -0.3 is 19.9 Å². The number of methoxy groups -OCH3 is 2. The minimum atomic E-state index is -3.50. The molecular weight excluding hydrogens is 284 g/mol. The second-order valence-corrected chi connectivity index (χ2v) is 3.30. The number of esters is 1. The molecule has 0 aliphatic rings. The zero-order valence-corrected chi connectivity index (χ0v) is 11.1. The van der Waals surface area contributed by atoms with Gasteiger partial charge in [-0.05, 0) is 18.2 Å². The van der Waals surface area contributed by atoms with E-state index in [1.165, 1.54) is 32.4 Å². The summed E-state index contributed by atoms with van der Waals surface area (Å²) in [6.07, 6.45) is -3.50. The lowest BCUT2D eigenvalue weighted by Gasteiger charge is -2.18. The van der Waals surface area contributed by atoms with Gasteiger partial charge in [-0.2, -0.15) is 8.78 Å². The van der Waals surface area contributed by atoms with Gasteiger partial charge in [0.1, 0.15) is 0 Å². The Balaban J connectivity index is 0.00000324. The first-order valence-corrected chi connectivity index (χ1v) is 4.96. The Morgan fingerprint density at radius 2 is 1.95 bits per heavy atom. The van der Waals surface area contributed by atoms with Gasteiger partial charge in [-0.25, -0.2) is 4.79 Å². The van der Waals surface area contributed by atoms with E-state index >= 15 is 0 Å². The van der Waals surface area contributed by atoms with Crippen LogP contribution in [0.25, 0.3) is 0 Å². The fourth-order valence-electron chi connectivity index (χ4n) is 1.20. The highest BCUT2D eigenvalue weighted by molar-refractivity contribution is 5.90. The molecule has 2 N–H and O–H groups in total. The van der Waals surface area contributed by atoms with Crippen LogP contribution in [0.3, 0.4) is 0 Å². The van der Waals surface area contributed by atoms with E-state index in [-0.39, 0.29) is 29.5 Å². The first-order chi connectivity index (χ1) is 8.43. The topological polar surface area (TPSA) is 70.8 Å². The van der Waals surface area contributed by atoms with Crippen LogP contribution >= 0.6 is 12.4 Å². The number of hydrogen-bond donors (Lipinski definition) is 1. The summed E-state index contributed by atoms with van der Waals surface area (Å²) in [5, 5.41) is 0. The maximum absolute atomic E-state index is 13.0. The van der Waals surface area contributed by atoms with Crippen molar-refractivity contribution in [2.24, 2.45) is 5.73 Å². The summed E-state index contributed by atoms with van der Waals surface area (Å²) in [5.74, 6) is -0.822. The number of halogens is 3. The molecule has 1 rings (SSSR count). The van der Waals surface area contributed by atoms with Gasteiger partial charge in [0.05, 0.1) is 26.3 Å². The highest BCUT2D eigenvalue weighted by Crippen LogP contribution is 2.32. The van der Waals surface area contributed by atoms with Crippen LogP contribution in [0.15, 0.2) is 18.2 Å². The molecule has 1 aromatic rings. The second-order valence-electron chi connectivity index (χ2n) is 3.30. The van der Waals surface area contributed by atoms with E-state index < -0.39 is 18.6 Å². The fraction of sp³-hybridized carbons (Fsp3) is 0.364. The molecule has 5 nitrogen and oxygen atoms in total. The molecule has 0 aromatic heterocycles. The number of ether oxygens (including phenoxy) is 3. The predicted molar refractivity (Wildman–Crippen MR) is 66.2 cm³/mol. The van der Waals surface area contributed by atoms with Crippen molar-refractivity contribution >= 4 is 18.4 Å². The van der Waals surface area contributed by atoms with E-state index in [0.717, 1.165) is 0 Å². The lowest BCUT2D eigenvalue weighted by atomic mass is 10.2. The third-order valence-electron chi connectivity index (χ3n) is 2.08. The first-order valence-electron chi connectivity index (χ1n) is 4.96. The van der Waals surface area contributed by atoms with Gasteiger partial charge in [0.15, 0.2) is 11.5 Å². The van der Waals surface area contributed by atoms with Crippen molar-refractivity contribution in [3.63, 3.8) is 0 Å². The molecular formula is C11H14ClF2NO4. The standard InChI is InChI=1S/C11H13F2NO4.ClH/c1-16-9-5-7(10(15)17-2)3-4-8(9)18-11(12,13)6-14;/h3-5H,6,14H2,1-2H3;1H. The van der Waals surface area contributed by atoms with Gasteiger partial charge in [-0.1, -0.05) is 0 Å². The molecule has 0 unspecified atom stereocenters.